The molecule has 5 nitrogen and oxygen atoms in total. The zero-order valence-electron chi connectivity index (χ0n) is 20.0. The van der Waals surface area contributed by atoms with Crippen molar-refractivity contribution in [2.45, 2.75) is 45.3 Å². The number of benzene rings is 3. The SMILES string of the molecule is CCc1ccc([C@H]2/C(=C(\O)c3ccc4c(c3)C[C@H](C)O4)C(=O)C(=O)N2CCc2ccccc2)cc1. The summed E-state index contributed by atoms with van der Waals surface area (Å²) in [4.78, 5) is 28.1. The molecule has 1 amide bonds. The number of amides is 1. The first-order valence-corrected chi connectivity index (χ1v) is 12.2. The van der Waals surface area contributed by atoms with Gasteiger partial charge in [-0.05, 0) is 60.2 Å². The minimum atomic E-state index is -0.648. The minimum absolute atomic E-state index is 0.0723. The third-order valence-corrected chi connectivity index (χ3v) is 6.90. The quantitative estimate of drug-likeness (QED) is 0.306. The van der Waals surface area contributed by atoms with Crippen LogP contribution in [0.3, 0.4) is 0 Å². The second-order valence-electron chi connectivity index (χ2n) is 9.28. The van der Waals surface area contributed by atoms with E-state index in [0.29, 0.717) is 18.5 Å². The van der Waals surface area contributed by atoms with Gasteiger partial charge in [-0.1, -0.05) is 61.5 Å². The zero-order valence-corrected chi connectivity index (χ0v) is 20.0. The van der Waals surface area contributed by atoms with Crippen LogP contribution in [0.1, 0.15) is 47.7 Å². The lowest BCUT2D eigenvalue weighted by molar-refractivity contribution is -0.139. The molecule has 2 aliphatic rings. The summed E-state index contributed by atoms with van der Waals surface area (Å²) in [6, 6.07) is 22.6. The van der Waals surface area contributed by atoms with E-state index in [4.69, 9.17) is 4.74 Å². The Labute approximate surface area is 205 Å². The predicted octanol–water partition coefficient (Wildman–Crippen LogP) is 5.24. The van der Waals surface area contributed by atoms with Crippen LogP contribution in [0.5, 0.6) is 5.75 Å². The summed E-state index contributed by atoms with van der Waals surface area (Å²) < 4.78 is 5.78. The number of carbonyl (C=O) groups excluding carboxylic acids is 2. The molecule has 2 aliphatic heterocycles. The number of hydrogen-bond donors (Lipinski definition) is 1. The van der Waals surface area contributed by atoms with E-state index in [1.165, 1.54) is 5.56 Å². The van der Waals surface area contributed by atoms with Crippen LogP contribution >= 0.6 is 0 Å². The number of carbonyl (C=O) groups is 2. The topological polar surface area (TPSA) is 66.8 Å². The van der Waals surface area contributed by atoms with Gasteiger partial charge in [0.05, 0.1) is 11.6 Å². The van der Waals surface area contributed by atoms with E-state index < -0.39 is 17.7 Å². The third kappa shape index (κ3) is 4.34. The van der Waals surface area contributed by atoms with Gasteiger partial charge in [0.25, 0.3) is 11.7 Å². The standard InChI is InChI=1S/C30H29NO4/c1-3-20-9-11-22(12-10-20)27-26(28(32)23-13-14-25-24(18-23)17-19(2)35-25)29(33)30(34)31(27)16-15-21-7-5-4-6-8-21/h4-14,18-19,27,32H,3,15-17H2,1-2H3/b28-26+/t19-,27-/m0/s1. The van der Waals surface area contributed by atoms with Crippen LogP contribution in [0.2, 0.25) is 0 Å². The number of Topliss-reactive ketones (excluding diaryl/α,β-unsaturated/α-hetero) is 1. The molecule has 3 aromatic rings. The Balaban J connectivity index is 1.57. The maximum Gasteiger partial charge on any atom is 0.295 e. The van der Waals surface area contributed by atoms with Crippen LogP contribution in [0.15, 0.2) is 78.4 Å². The largest absolute Gasteiger partial charge is 0.507 e. The van der Waals surface area contributed by atoms with Crippen LogP contribution in [-0.4, -0.2) is 34.3 Å². The maximum atomic E-state index is 13.3. The molecule has 178 valence electrons. The molecule has 0 saturated carbocycles. The smallest absolute Gasteiger partial charge is 0.295 e. The molecule has 0 bridgehead atoms. The van der Waals surface area contributed by atoms with Gasteiger partial charge in [-0.2, -0.15) is 0 Å². The monoisotopic (exact) mass is 467 g/mol. The first-order chi connectivity index (χ1) is 17.0. The molecule has 0 unspecified atom stereocenters. The highest BCUT2D eigenvalue weighted by molar-refractivity contribution is 6.46. The fraction of sp³-hybridized carbons (Fsp3) is 0.267. The molecule has 0 aliphatic carbocycles. The summed E-state index contributed by atoms with van der Waals surface area (Å²) in [5.41, 5.74) is 4.72. The van der Waals surface area contributed by atoms with Gasteiger partial charge in [0, 0.05) is 18.5 Å². The van der Waals surface area contributed by atoms with Crippen molar-refractivity contribution in [1.82, 2.24) is 4.90 Å². The molecule has 0 spiro atoms. The summed E-state index contributed by atoms with van der Waals surface area (Å²) in [6.45, 7) is 4.46. The molecule has 0 radical (unpaired) electrons. The van der Waals surface area contributed by atoms with Crippen molar-refractivity contribution in [1.29, 1.82) is 0 Å². The van der Waals surface area contributed by atoms with Crippen molar-refractivity contribution in [2.24, 2.45) is 0 Å². The number of aryl methyl sites for hydroxylation is 1. The van der Waals surface area contributed by atoms with Gasteiger partial charge in [-0.15, -0.1) is 0 Å². The molecule has 1 fully saturated rings. The Morgan fingerprint density at radius 1 is 1.00 bits per heavy atom. The Morgan fingerprint density at radius 2 is 1.74 bits per heavy atom. The van der Waals surface area contributed by atoms with Crippen LogP contribution in [-0.2, 0) is 28.9 Å². The number of aliphatic hydroxyl groups excluding tert-OH is 1. The molecule has 5 heteroatoms. The number of fused-ring (bicyclic) bond motifs is 1. The number of aliphatic hydroxyl groups is 1. The van der Waals surface area contributed by atoms with Crippen LogP contribution in [0.4, 0.5) is 0 Å². The second kappa shape index (κ2) is 9.41. The molecular formula is C30H29NO4. The second-order valence-corrected chi connectivity index (χ2v) is 9.28. The Morgan fingerprint density at radius 3 is 2.46 bits per heavy atom. The number of ketones is 1. The highest BCUT2D eigenvalue weighted by Gasteiger charge is 2.45. The van der Waals surface area contributed by atoms with Gasteiger partial charge < -0.3 is 14.7 Å². The van der Waals surface area contributed by atoms with Gasteiger partial charge in [0.2, 0.25) is 0 Å². The van der Waals surface area contributed by atoms with E-state index in [2.05, 4.69) is 6.92 Å². The zero-order chi connectivity index (χ0) is 24.5. The number of nitrogens with zero attached hydrogens (tertiary/aromatic N) is 1. The summed E-state index contributed by atoms with van der Waals surface area (Å²) in [5.74, 6) is -0.572. The average Bonchev–Trinajstić information content (AvgIpc) is 3.38. The first-order valence-electron chi connectivity index (χ1n) is 12.2. The van der Waals surface area contributed by atoms with Crippen LogP contribution in [0, 0.1) is 0 Å². The van der Waals surface area contributed by atoms with E-state index >= 15 is 0 Å². The Bertz CT molecular complexity index is 1290. The molecule has 2 heterocycles. The molecule has 0 aromatic heterocycles. The van der Waals surface area contributed by atoms with E-state index in [1.807, 2.05) is 73.7 Å². The molecule has 1 N–H and O–H groups in total. The van der Waals surface area contributed by atoms with E-state index in [0.717, 1.165) is 35.3 Å². The number of hydrogen-bond acceptors (Lipinski definition) is 4. The van der Waals surface area contributed by atoms with E-state index in [1.54, 1.807) is 11.0 Å². The molecular weight excluding hydrogens is 438 g/mol. The summed E-state index contributed by atoms with van der Waals surface area (Å²) in [7, 11) is 0. The lowest BCUT2D eigenvalue weighted by atomic mass is 9.93. The minimum Gasteiger partial charge on any atom is -0.507 e. The fourth-order valence-corrected chi connectivity index (χ4v) is 5.01. The first kappa shape index (κ1) is 22.9. The Kier molecular flexibility index (Phi) is 6.16. The maximum absolute atomic E-state index is 13.3. The summed E-state index contributed by atoms with van der Waals surface area (Å²) in [5, 5.41) is 11.4. The summed E-state index contributed by atoms with van der Waals surface area (Å²) in [6.07, 6.45) is 2.32. The van der Waals surface area contributed by atoms with Crippen molar-refractivity contribution in [3.05, 3.63) is 106 Å². The van der Waals surface area contributed by atoms with E-state index in [9.17, 15) is 14.7 Å². The van der Waals surface area contributed by atoms with Gasteiger partial charge >= 0.3 is 0 Å². The van der Waals surface area contributed by atoms with Gasteiger partial charge in [0.1, 0.15) is 17.6 Å². The Hall–Kier alpha value is -3.86. The van der Waals surface area contributed by atoms with Gasteiger partial charge in [-0.3, -0.25) is 9.59 Å². The normalized spacial score (nSPS) is 20.7. The van der Waals surface area contributed by atoms with Crippen molar-refractivity contribution < 1.29 is 19.4 Å². The third-order valence-electron chi connectivity index (χ3n) is 6.90. The average molecular weight is 468 g/mol. The highest BCUT2D eigenvalue weighted by atomic mass is 16.5. The molecule has 1 saturated heterocycles. The van der Waals surface area contributed by atoms with Crippen molar-refractivity contribution in [3.8, 4) is 5.75 Å². The fourth-order valence-electron chi connectivity index (χ4n) is 5.01. The molecule has 35 heavy (non-hydrogen) atoms. The van der Waals surface area contributed by atoms with E-state index in [-0.39, 0.29) is 17.4 Å². The predicted molar refractivity (Wildman–Crippen MR) is 135 cm³/mol. The molecule has 2 atom stereocenters. The number of rotatable bonds is 6. The number of ether oxygens (including phenoxy) is 1. The van der Waals surface area contributed by atoms with Crippen molar-refractivity contribution in [2.75, 3.05) is 6.54 Å². The van der Waals surface area contributed by atoms with Crippen LogP contribution in [0.25, 0.3) is 5.76 Å². The van der Waals surface area contributed by atoms with Gasteiger partial charge in [-0.25, -0.2) is 0 Å². The van der Waals surface area contributed by atoms with Crippen LogP contribution < -0.4 is 4.74 Å². The lowest BCUT2D eigenvalue weighted by Crippen LogP contribution is -2.31. The molecule has 3 aromatic carbocycles. The van der Waals surface area contributed by atoms with Crippen molar-refractivity contribution >= 4 is 17.4 Å². The lowest BCUT2D eigenvalue weighted by Gasteiger charge is -2.25. The van der Waals surface area contributed by atoms with Gasteiger partial charge in [0.15, 0.2) is 0 Å². The highest BCUT2D eigenvalue weighted by Crippen LogP contribution is 2.40. The summed E-state index contributed by atoms with van der Waals surface area (Å²) >= 11 is 0. The molecule has 5 rings (SSSR count). The van der Waals surface area contributed by atoms with Crippen molar-refractivity contribution in [3.63, 3.8) is 0 Å². The number of likely N-dealkylation sites (tertiary alicyclic amines) is 1.